The Labute approximate surface area is 170 Å². The van der Waals surface area contributed by atoms with E-state index in [1.165, 1.54) is 23.9 Å². The van der Waals surface area contributed by atoms with Crippen molar-refractivity contribution >= 4 is 29.4 Å². The van der Waals surface area contributed by atoms with Crippen LogP contribution in [0.5, 0.6) is 0 Å². The first kappa shape index (κ1) is 19.0. The van der Waals surface area contributed by atoms with Gasteiger partial charge in [-0.1, -0.05) is 17.3 Å². The number of nitrogens with zero attached hydrogens (tertiary/aromatic N) is 2. The van der Waals surface area contributed by atoms with Gasteiger partial charge in [0.05, 0.1) is 17.4 Å². The molecule has 0 saturated carbocycles. The lowest BCUT2D eigenvalue weighted by molar-refractivity contribution is 0.0932. The lowest BCUT2D eigenvalue weighted by Gasteiger charge is -2.26. The minimum atomic E-state index is -0.285. The van der Waals surface area contributed by atoms with E-state index in [2.05, 4.69) is 15.5 Å². The maximum atomic E-state index is 13.7. The fourth-order valence-corrected chi connectivity index (χ4v) is 5.07. The van der Waals surface area contributed by atoms with Crippen molar-refractivity contribution in [2.75, 3.05) is 5.75 Å². The first-order chi connectivity index (χ1) is 13.6. The van der Waals surface area contributed by atoms with Crippen molar-refractivity contribution in [3.8, 4) is 0 Å². The van der Waals surface area contributed by atoms with Crippen molar-refractivity contribution in [2.24, 2.45) is 0 Å². The molecule has 0 spiro atoms. The number of fused-ring (bicyclic) bond motifs is 1. The largest absolute Gasteiger partial charge is 0.345 e. The Bertz CT molecular complexity index is 1010. The average Bonchev–Trinajstić information content (AvgIpc) is 3.12. The summed E-state index contributed by atoms with van der Waals surface area (Å²) in [6.45, 7) is 1.74. The number of thioether (sulfide) groups is 2. The highest BCUT2D eigenvalue weighted by Crippen LogP contribution is 2.37. The maximum Gasteiger partial charge on any atom is 0.252 e. The molecule has 1 aliphatic heterocycles. The fourth-order valence-electron chi connectivity index (χ4n) is 3.07. The normalized spacial score (nSPS) is 15.9. The number of hydrogen-bond donors (Lipinski definition) is 1. The van der Waals surface area contributed by atoms with E-state index in [4.69, 9.17) is 4.52 Å². The van der Waals surface area contributed by atoms with Gasteiger partial charge in [0.1, 0.15) is 5.82 Å². The molecule has 1 atom stereocenters. The summed E-state index contributed by atoms with van der Waals surface area (Å²) in [6, 6.07) is 12.0. The van der Waals surface area contributed by atoms with E-state index >= 15 is 0 Å². The molecule has 3 aromatic rings. The molecule has 28 heavy (non-hydrogen) atoms. The van der Waals surface area contributed by atoms with Crippen LogP contribution >= 0.6 is 23.5 Å². The van der Waals surface area contributed by atoms with Crippen LogP contribution in [-0.4, -0.2) is 21.8 Å². The van der Waals surface area contributed by atoms with Crippen molar-refractivity contribution < 1.29 is 13.7 Å². The zero-order chi connectivity index (χ0) is 19.5. The minimum Gasteiger partial charge on any atom is -0.345 e. The first-order valence-corrected chi connectivity index (χ1v) is 10.8. The van der Waals surface area contributed by atoms with E-state index in [0.717, 1.165) is 27.5 Å². The summed E-state index contributed by atoms with van der Waals surface area (Å²) in [7, 11) is 0. The molecule has 2 heterocycles. The third-order valence-electron chi connectivity index (χ3n) is 4.37. The topological polar surface area (TPSA) is 68.0 Å². The van der Waals surface area contributed by atoms with Crippen molar-refractivity contribution in [3.63, 3.8) is 0 Å². The summed E-state index contributed by atoms with van der Waals surface area (Å²) >= 11 is 3.17. The summed E-state index contributed by atoms with van der Waals surface area (Å²) < 4.78 is 18.7. The summed E-state index contributed by atoms with van der Waals surface area (Å²) in [5.41, 5.74) is 1.43. The van der Waals surface area contributed by atoms with Crippen LogP contribution in [-0.2, 0) is 5.75 Å². The number of carbonyl (C=O) groups excluding carboxylic acids is 1. The molecule has 5 nitrogen and oxygen atoms in total. The number of halogens is 1. The van der Waals surface area contributed by atoms with E-state index in [-0.39, 0.29) is 17.8 Å². The third kappa shape index (κ3) is 4.23. The van der Waals surface area contributed by atoms with Gasteiger partial charge in [-0.3, -0.25) is 4.79 Å². The van der Waals surface area contributed by atoms with Crippen LogP contribution in [0.15, 0.2) is 56.8 Å². The monoisotopic (exact) mass is 415 g/mol. The average molecular weight is 416 g/mol. The van der Waals surface area contributed by atoms with Gasteiger partial charge in [-0.25, -0.2) is 4.39 Å². The summed E-state index contributed by atoms with van der Waals surface area (Å²) in [5, 5.41) is 6.97. The molecule has 0 bridgehead atoms. The van der Waals surface area contributed by atoms with Gasteiger partial charge in [0.25, 0.3) is 5.91 Å². The molecule has 1 aromatic heterocycles. The van der Waals surface area contributed by atoms with Crippen molar-refractivity contribution in [3.05, 3.63) is 71.1 Å². The highest BCUT2D eigenvalue weighted by molar-refractivity contribution is 7.99. The highest BCUT2D eigenvalue weighted by atomic mass is 32.2. The second-order valence-electron chi connectivity index (χ2n) is 6.36. The standard InChI is InChI=1S/C20H18FN3O2S2/c1-12-22-19(24-26-12)11-28-17-5-3-2-4-14(17)20(25)23-16-8-9-27-18-7-6-13(21)10-15(16)18/h2-7,10,16H,8-9,11H2,1H3,(H,23,25). The van der Waals surface area contributed by atoms with Crippen molar-refractivity contribution in [2.45, 2.75) is 34.9 Å². The third-order valence-corrected chi connectivity index (χ3v) is 6.57. The number of aromatic nitrogens is 2. The number of rotatable bonds is 5. The summed E-state index contributed by atoms with van der Waals surface area (Å²) in [5.74, 6) is 2.05. The Hall–Kier alpha value is -2.32. The Morgan fingerprint density at radius 1 is 1.36 bits per heavy atom. The van der Waals surface area contributed by atoms with Gasteiger partial charge in [-0.2, -0.15) is 4.98 Å². The predicted octanol–water partition coefficient (Wildman–Crippen LogP) is 4.78. The molecule has 8 heteroatoms. The van der Waals surface area contributed by atoms with E-state index in [1.807, 2.05) is 18.2 Å². The molecular formula is C20H18FN3O2S2. The van der Waals surface area contributed by atoms with Crippen LogP contribution in [0.2, 0.25) is 0 Å². The van der Waals surface area contributed by atoms with Gasteiger partial charge in [0.15, 0.2) is 5.82 Å². The van der Waals surface area contributed by atoms with Crippen LogP contribution < -0.4 is 5.32 Å². The van der Waals surface area contributed by atoms with Crippen molar-refractivity contribution in [1.82, 2.24) is 15.5 Å². The smallest absolute Gasteiger partial charge is 0.252 e. The van der Waals surface area contributed by atoms with E-state index in [9.17, 15) is 9.18 Å². The second-order valence-corrected chi connectivity index (χ2v) is 8.51. The number of hydrogen-bond acceptors (Lipinski definition) is 6. The molecule has 2 aromatic carbocycles. The first-order valence-electron chi connectivity index (χ1n) is 8.84. The Kier molecular flexibility index (Phi) is 5.68. The van der Waals surface area contributed by atoms with Gasteiger partial charge in [-0.15, -0.1) is 23.5 Å². The predicted molar refractivity (Wildman–Crippen MR) is 107 cm³/mol. The number of benzene rings is 2. The summed E-state index contributed by atoms with van der Waals surface area (Å²) in [4.78, 5) is 19.0. The minimum absolute atomic E-state index is 0.167. The molecule has 1 aliphatic rings. The van der Waals surface area contributed by atoms with E-state index < -0.39 is 0 Å². The van der Waals surface area contributed by atoms with Gasteiger partial charge in [0.2, 0.25) is 5.89 Å². The highest BCUT2D eigenvalue weighted by Gasteiger charge is 2.24. The van der Waals surface area contributed by atoms with Gasteiger partial charge in [0, 0.05) is 22.5 Å². The molecule has 0 aliphatic carbocycles. The molecule has 1 amide bonds. The molecule has 4 rings (SSSR count). The van der Waals surface area contributed by atoms with Crippen LogP contribution in [0.3, 0.4) is 0 Å². The molecule has 144 valence electrons. The number of amides is 1. The molecular weight excluding hydrogens is 397 g/mol. The second kappa shape index (κ2) is 8.36. The van der Waals surface area contributed by atoms with Crippen molar-refractivity contribution in [1.29, 1.82) is 0 Å². The van der Waals surface area contributed by atoms with Crippen LogP contribution in [0.25, 0.3) is 0 Å². The maximum absolute atomic E-state index is 13.7. The Morgan fingerprint density at radius 2 is 2.21 bits per heavy atom. The molecule has 1 N–H and O–H groups in total. The molecule has 0 fully saturated rings. The molecule has 0 saturated heterocycles. The SMILES string of the molecule is Cc1nc(CSc2ccccc2C(=O)NC2CCSc3ccc(F)cc32)no1. The Morgan fingerprint density at radius 3 is 3.04 bits per heavy atom. The van der Waals surface area contributed by atoms with E-state index in [1.54, 1.807) is 30.8 Å². The molecule has 1 unspecified atom stereocenters. The lowest BCUT2D eigenvalue weighted by atomic mass is 10.0. The number of aryl methyl sites for hydroxylation is 1. The fraction of sp³-hybridized carbons (Fsp3) is 0.250. The zero-order valence-electron chi connectivity index (χ0n) is 15.1. The zero-order valence-corrected chi connectivity index (χ0v) is 16.8. The quantitative estimate of drug-likeness (QED) is 0.605. The van der Waals surface area contributed by atoms with Gasteiger partial charge < -0.3 is 9.84 Å². The lowest BCUT2D eigenvalue weighted by Crippen LogP contribution is -2.31. The van der Waals surface area contributed by atoms with Crippen LogP contribution in [0, 0.1) is 12.7 Å². The van der Waals surface area contributed by atoms with Crippen LogP contribution in [0.1, 0.15) is 40.1 Å². The Balaban J connectivity index is 1.51. The van der Waals surface area contributed by atoms with E-state index in [0.29, 0.717) is 23.0 Å². The van der Waals surface area contributed by atoms with Gasteiger partial charge >= 0.3 is 0 Å². The van der Waals surface area contributed by atoms with Crippen LogP contribution in [0.4, 0.5) is 4.39 Å². The summed E-state index contributed by atoms with van der Waals surface area (Å²) in [6.07, 6.45) is 0.768. The number of nitrogens with one attached hydrogen (secondary N) is 1. The molecule has 0 radical (unpaired) electrons. The number of carbonyl (C=O) groups is 1. The van der Waals surface area contributed by atoms with Gasteiger partial charge in [-0.05, 0) is 42.3 Å².